The van der Waals surface area contributed by atoms with Crippen LogP contribution in [0.1, 0.15) is 19.4 Å². The summed E-state index contributed by atoms with van der Waals surface area (Å²) in [6.07, 6.45) is 1.80. The minimum atomic E-state index is -1.39. The van der Waals surface area contributed by atoms with Gasteiger partial charge in [-0.3, -0.25) is 3.97 Å². The fraction of sp³-hybridized carbons (Fsp3) is 0.318. The maximum Gasteiger partial charge on any atom is 0.157 e. The Balaban J connectivity index is 0.00000117. The summed E-state index contributed by atoms with van der Waals surface area (Å²) in [5, 5.41) is 13.3. The van der Waals surface area contributed by atoms with Crippen molar-refractivity contribution >= 4 is 27.6 Å². The van der Waals surface area contributed by atoms with Crippen molar-refractivity contribution in [2.75, 3.05) is 38.2 Å². The van der Waals surface area contributed by atoms with Crippen LogP contribution in [0.5, 0.6) is 5.75 Å². The molecule has 29 heavy (non-hydrogen) atoms. The van der Waals surface area contributed by atoms with Gasteiger partial charge in [-0.05, 0) is 42.5 Å². The highest BCUT2D eigenvalue weighted by atomic mass is 32.2. The maximum absolute atomic E-state index is 13.2. The number of methoxy groups -OCH3 is 1. The van der Waals surface area contributed by atoms with E-state index in [0.717, 1.165) is 48.5 Å². The van der Waals surface area contributed by atoms with Crippen LogP contribution in [-0.4, -0.2) is 41.5 Å². The lowest BCUT2D eigenvalue weighted by Crippen LogP contribution is -2.43. The average Bonchev–Trinajstić information content (AvgIpc) is 3.23. The molecule has 1 atom stereocenters. The fourth-order valence-corrected chi connectivity index (χ4v) is 4.52. The summed E-state index contributed by atoms with van der Waals surface area (Å²) in [6, 6.07) is 15.1. The van der Waals surface area contributed by atoms with Gasteiger partial charge in [-0.25, -0.2) is 4.21 Å². The molecule has 1 N–H and O–H groups in total. The van der Waals surface area contributed by atoms with Crippen LogP contribution in [0.15, 0.2) is 53.6 Å². The van der Waals surface area contributed by atoms with Crippen LogP contribution in [0, 0.1) is 11.3 Å². The van der Waals surface area contributed by atoms with Crippen molar-refractivity contribution in [3.05, 3.63) is 54.2 Å². The van der Waals surface area contributed by atoms with Crippen LogP contribution >= 0.6 is 0 Å². The van der Waals surface area contributed by atoms with E-state index >= 15 is 0 Å². The molecule has 2 heterocycles. The molecule has 6 nitrogen and oxygen atoms in total. The molecule has 4 rings (SSSR count). The Morgan fingerprint density at radius 1 is 1.10 bits per heavy atom. The number of rotatable bonds is 4. The summed E-state index contributed by atoms with van der Waals surface area (Å²) in [4.78, 5) is 2.97. The van der Waals surface area contributed by atoms with Crippen molar-refractivity contribution < 1.29 is 8.95 Å². The minimum absolute atomic E-state index is 0.594. The molecule has 1 fully saturated rings. The van der Waals surface area contributed by atoms with Crippen molar-refractivity contribution in [3.8, 4) is 11.8 Å². The van der Waals surface area contributed by atoms with Crippen molar-refractivity contribution in [2.24, 2.45) is 0 Å². The Morgan fingerprint density at radius 3 is 2.55 bits per heavy atom. The molecule has 0 saturated carbocycles. The molecule has 0 radical (unpaired) electrons. The van der Waals surface area contributed by atoms with E-state index in [1.807, 2.05) is 50.2 Å². The monoisotopic (exact) mass is 410 g/mol. The lowest BCUT2D eigenvalue weighted by Gasteiger charge is -2.30. The lowest BCUT2D eigenvalue weighted by atomic mass is 10.2. The predicted octanol–water partition coefficient (Wildman–Crippen LogP) is 3.53. The molecular weight excluding hydrogens is 384 g/mol. The molecule has 1 aromatic heterocycles. The normalized spacial score (nSPS) is 14.6. The van der Waals surface area contributed by atoms with E-state index in [1.165, 1.54) is 0 Å². The second kappa shape index (κ2) is 9.59. The molecule has 1 unspecified atom stereocenters. The second-order valence-electron chi connectivity index (χ2n) is 6.35. The standard InChI is InChI=1S/C20H20N4O2S.C2H6/c1-26-20-5-3-17(13-19(20)23-10-7-22-8-11-23)27(25)24-9-6-16-12-15(14-21)2-4-18(16)24;1-2/h2-6,9,12-13,22H,7-8,10-11H2,1H3;1-2H3. The first kappa shape index (κ1) is 20.9. The third kappa shape index (κ3) is 4.29. The Kier molecular flexibility index (Phi) is 6.91. The number of hydrogen-bond acceptors (Lipinski definition) is 5. The molecule has 1 aliphatic heterocycles. The van der Waals surface area contributed by atoms with Gasteiger partial charge in [0.25, 0.3) is 0 Å². The third-order valence-corrected chi connectivity index (χ3v) is 6.10. The molecule has 3 aromatic rings. The molecule has 1 saturated heterocycles. The number of hydrogen-bond donors (Lipinski definition) is 1. The van der Waals surface area contributed by atoms with Gasteiger partial charge in [0, 0.05) is 37.8 Å². The number of aromatic nitrogens is 1. The van der Waals surface area contributed by atoms with E-state index in [1.54, 1.807) is 23.3 Å². The van der Waals surface area contributed by atoms with Gasteiger partial charge in [0.05, 0.1) is 34.8 Å². The lowest BCUT2D eigenvalue weighted by molar-refractivity contribution is 0.412. The topological polar surface area (TPSA) is 70.3 Å². The van der Waals surface area contributed by atoms with E-state index in [9.17, 15) is 4.21 Å². The number of fused-ring (bicyclic) bond motifs is 1. The molecule has 2 aromatic carbocycles. The van der Waals surface area contributed by atoms with Crippen LogP contribution < -0.4 is 15.0 Å². The van der Waals surface area contributed by atoms with Gasteiger partial charge in [-0.2, -0.15) is 5.26 Å². The zero-order valence-electron chi connectivity index (χ0n) is 17.0. The van der Waals surface area contributed by atoms with E-state index in [0.29, 0.717) is 10.5 Å². The van der Waals surface area contributed by atoms with Crippen LogP contribution in [0.3, 0.4) is 0 Å². The smallest absolute Gasteiger partial charge is 0.157 e. The summed E-state index contributed by atoms with van der Waals surface area (Å²) >= 11 is 0. The summed E-state index contributed by atoms with van der Waals surface area (Å²) in [6.45, 7) is 7.60. The van der Waals surface area contributed by atoms with Gasteiger partial charge >= 0.3 is 0 Å². The van der Waals surface area contributed by atoms with Gasteiger partial charge in [0.1, 0.15) is 5.75 Å². The molecule has 152 valence electrons. The van der Waals surface area contributed by atoms with Crippen LogP contribution in [0.4, 0.5) is 5.69 Å². The number of benzene rings is 2. The van der Waals surface area contributed by atoms with E-state index in [4.69, 9.17) is 10.00 Å². The Labute approximate surface area is 174 Å². The van der Waals surface area contributed by atoms with Crippen molar-refractivity contribution in [1.82, 2.24) is 9.29 Å². The van der Waals surface area contributed by atoms with Crippen LogP contribution in [0.2, 0.25) is 0 Å². The fourth-order valence-electron chi connectivity index (χ4n) is 3.38. The Morgan fingerprint density at radius 2 is 1.86 bits per heavy atom. The van der Waals surface area contributed by atoms with E-state index < -0.39 is 11.0 Å². The molecule has 7 heteroatoms. The number of nitrogens with zero attached hydrogens (tertiary/aromatic N) is 3. The zero-order chi connectivity index (χ0) is 20.8. The average molecular weight is 411 g/mol. The molecule has 0 amide bonds. The first-order chi connectivity index (χ1) is 14.2. The molecule has 0 spiro atoms. The number of nitrogens with one attached hydrogen (secondary N) is 1. The first-order valence-electron chi connectivity index (χ1n) is 9.78. The Bertz CT molecular complexity index is 1050. The molecule has 0 aliphatic carbocycles. The molecular formula is C22H26N4O2S. The van der Waals surface area contributed by atoms with Gasteiger partial charge in [0.2, 0.25) is 0 Å². The highest BCUT2D eigenvalue weighted by molar-refractivity contribution is 7.83. The predicted molar refractivity (Wildman–Crippen MR) is 118 cm³/mol. The van der Waals surface area contributed by atoms with Crippen molar-refractivity contribution in [1.29, 1.82) is 5.26 Å². The summed E-state index contributed by atoms with van der Waals surface area (Å²) in [5.74, 6) is 0.786. The highest BCUT2D eigenvalue weighted by Crippen LogP contribution is 2.32. The van der Waals surface area contributed by atoms with Crippen molar-refractivity contribution in [2.45, 2.75) is 18.7 Å². The number of piperazine rings is 1. The zero-order valence-corrected chi connectivity index (χ0v) is 17.8. The second-order valence-corrected chi connectivity index (χ2v) is 7.71. The first-order valence-corrected chi connectivity index (χ1v) is 10.9. The number of ether oxygens (including phenoxy) is 1. The van der Waals surface area contributed by atoms with Gasteiger partial charge in [0.15, 0.2) is 11.0 Å². The SMILES string of the molecule is CC.COc1ccc(S(=O)n2ccc3cc(C#N)ccc32)cc1N1CCNCC1. The van der Waals surface area contributed by atoms with Crippen molar-refractivity contribution in [3.63, 3.8) is 0 Å². The largest absolute Gasteiger partial charge is 0.495 e. The van der Waals surface area contributed by atoms with Gasteiger partial charge in [-0.1, -0.05) is 13.8 Å². The third-order valence-electron chi connectivity index (χ3n) is 4.77. The molecule has 1 aliphatic rings. The number of nitriles is 1. The quantitative estimate of drug-likeness (QED) is 0.713. The van der Waals surface area contributed by atoms with E-state index in [-0.39, 0.29) is 0 Å². The Hall–Kier alpha value is -2.82. The van der Waals surface area contributed by atoms with E-state index in [2.05, 4.69) is 16.3 Å². The van der Waals surface area contributed by atoms with Gasteiger partial charge in [-0.15, -0.1) is 0 Å². The van der Waals surface area contributed by atoms with Gasteiger partial charge < -0.3 is 15.0 Å². The maximum atomic E-state index is 13.2. The van der Waals surface area contributed by atoms with Crippen LogP contribution in [-0.2, 0) is 11.0 Å². The number of anilines is 1. The summed E-state index contributed by atoms with van der Waals surface area (Å²) in [7, 11) is 0.269. The minimum Gasteiger partial charge on any atom is -0.495 e. The highest BCUT2D eigenvalue weighted by Gasteiger charge is 2.18. The summed E-state index contributed by atoms with van der Waals surface area (Å²) in [5.41, 5.74) is 2.40. The summed E-state index contributed by atoms with van der Waals surface area (Å²) < 4.78 is 20.5. The van der Waals surface area contributed by atoms with Crippen LogP contribution in [0.25, 0.3) is 10.9 Å². The molecule has 0 bridgehead atoms.